The predicted octanol–water partition coefficient (Wildman–Crippen LogP) is 2.77. The minimum atomic E-state index is -0.301. The van der Waals surface area contributed by atoms with Gasteiger partial charge in [0.2, 0.25) is 5.91 Å². The zero-order valence-electron chi connectivity index (χ0n) is 12.3. The number of esters is 1. The van der Waals surface area contributed by atoms with Gasteiger partial charge < -0.3 is 15.4 Å². The van der Waals surface area contributed by atoms with E-state index in [1.54, 1.807) is 6.92 Å². The third-order valence-electron chi connectivity index (χ3n) is 3.64. The van der Waals surface area contributed by atoms with Crippen molar-refractivity contribution in [2.75, 3.05) is 18.5 Å². The molecule has 1 unspecified atom stereocenters. The molecule has 1 aromatic carbocycles. The number of amides is 1. The van der Waals surface area contributed by atoms with Crippen LogP contribution in [0.25, 0.3) is 10.1 Å². The number of ether oxygens (including phenoxy) is 1. The van der Waals surface area contributed by atoms with Gasteiger partial charge in [-0.15, -0.1) is 11.3 Å². The molecule has 2 N–H and O–H groups in total. The Kier molecular flexibility index (Phi) is 4.40. The van der Waals surface area contributed by atoms with Crippen LogP contribution >= 0.6 is 11.3 Å². The molecule has 1 atom stereocenters. The molecule has 5 nitrogen and oxygen atoms in total. The minimum absolute atomic E-state index is 0.00213. The van der Waals surface area contributed by atoms with Crippen molar-refractivity contribution in [2.24, 2.45) is 0 Å². The Bertz CT molecular complexity index is 704. The number of nitrogens with one attached hydrogen (secondary N) is 2. The molecule has 3 rings (SSSR count). The van der Waals surface area contributed by atoms with Crippen LogP contribution in [-0.4, -0.2) is 31.1 Å². The van der Waals surface area contributed by atoms with Gasteiger partial charge in [0.15, 0.2) is 0 Å². The molecule has 2 aromatic rings. The maximum atomic E-state index is 12.1. The predicted molar refractivity (Wildman–Crippen MR) is 87.4 cm³/mol. The Morgan fingerprint density at radius 2 is 2.27 bits per heavy atom. The standard InChI is InChI=1S/C16H18N2O3S/c1-2-21-16(20)14-9-10-8-11(5-6-13(10)22-14)18-15(19)12-4-3-7-17-12/h5-6,8-9,12,17H,2-4,7H2,1H3,(H,18,19). The molecule has 1 fully saturated rings. The van der Waals surface area contributed by atoms with Crippen molar-refractivity contribution in [3.63, 3.8) is 0 Å². The summed E-state index contributed by atoms with van der Waals surface area (Å²) < 4.78 is 6.01. The summed E-state index contributed by atoms with van der Waals surface area (Å²) in [6, 6.07) is 7.37. The van der Waals surface area contributed by atoms with E-state index in [0.29, 0.717) is 11.5 Å². The SMILES string of the molecule is CCOC(=O)c1cc2cc(NC(=O)C3CCCN3)ccc2s1. The molecule has 0 aliphatic carbocycles. The average Bonchev–Trinajstić information content (AvgIpc) is 3.16. The van der Waals surface area contributed by atoms with Crippen molar-refractivity contribution < 1.29 is 14.3 Å². The van der Waals surface area contributed by atoms with E-state index in [-0.39, 0.29) is 17.9 Å². The minimum Gasteiger partial charge on any atom is -0.462 e. The molecule has 0 saturated carbocycles. The van der Waals surface area contributed by atoms with Crippen molar-refractivity contribution in [3.8, 4) is 0 Å². The lowest BCUT2D eigenvalue weighted by Crippen LogP contribution is -2.35. The maximum Gasteiger partial charge on any atom is 0.348 e. The number of thiophene rings is 1. The summed E-state index contributed by atoms with van der Waals surface area (Å²) in [6.07, 6.45) is 1.91. The van der Waals surface area contributed by atoms with E-state index in [1.165, 1.54) is 11.3 Å². The average molecular weight is 318 g/mol. The Hall–Kier alpha value is -1.92. The Morgan fingerprint density at radius 1 is 1.41 bits per heavy atom. The highest BCUT2D eigenvalue weighted by Crippen LogP contribution is 2.28. The van der Waals surface area contributed by atoms with Gasteiger partial charge in [-0.05, 0) is 56.0 Å². The van der Waals surface area contributed by atoms with E-state index >= 15 is 0 Å². The van der Waals surface area contributed by atoms with Crippen LogP contribution in [0.2, 0.25) is 0 Å². The van der Waals surface area contributed by atoms with Gasteiger partial charge in [0.05, 0.1) is 12.6 Å². The van der Waals surface area contributed by atoms with Crippen LogP contribution in [0.15, 0.2) is 24.3 Å². The lowest BCUT2D eigenvalue weighted by Gasteiger charge is -2.10. The van der Waals surface area contributed by atoms with Gasteiger partial charge >= 0.3 is 5.97 Å². The quantitative estimate of drug-likeness (QED) is 0.851. The highest BCUT2D eigenvalue weighted by atomic mass is 32.1. The van der Waals surface area contributed by atoms with E-state index in [2.05, 4.69) is 10.6 Å². The zero-order chi connectivity index (χ0) is 15.5. The number of anilines is 1. The fourth-order valence-corrected chi connectivity index (χ4v) is 3.50. The van der Waals surface area contributed by atoms with Gasteiger partial charge in [-0.3, -0.25) is 4.79 Å². The smallest absolute Gasteiger partial charge is 0.348 e. The molecule has 0 radical (unpaired) electrons. The summed E-state index contributed by atoms with van der Waals surface area (Å²) in [4.78, 5) is 24.4. The fourth-order valence-electron chi connectivity index (χ4n) is 2.56. The van der Waals surface area contributed by atoms with E-state index in [4.69, 9.17) is 4.74 Å². The molecular formula is C16H18N2O3S. The van der Waals surface area contributed by atoms with E-state index in [1.807, 2.05) is 24.3 Å². The van der Waals surface area contributed by atoms with Crippen LogP contribution in [0.4, 0.5) is 5.69 Å². The van der Waals surface area contributed by atoms with E-state index < -0.39 is 0 Å². The summed E-state index contributed by atoms with van der Waals surface area (Å²) in [7, 11) is 0. The number of fused-ring (bicyclic) bond motifs is 1. The summed E-state index contributed by atoms with van der Waals surface area (Å²) in [5, 5.41) is 7.04. The first-order chi connectivity index (χ1) is 10.7. The number of carbonyl (C=O) groups excluding carboxylic acids is 2. The lowest BCUT2D eigenvalue weighted by molar-refractivity contribution is -0.117. The number of hydrogen-bond acceptors (Lipinski definition) is 5. The second-order valence-electron chi connectivity index (χ2n) is 5.22. The second-order valence-corrected chi connectivity index (χ2v) is 6.31. The highest BCUT2D eigenvalue weighted by Gasteiger charge is 2.22. The molecule has 116 valence electrons. The highest BCUT2D eigenvalue weighted by molar-refractivity contribution is 7.20. The lowest BCUT2D eigenvalue weighted by atomic mass is 10.2. The Morgan fingerprint density at radius 3 is 3.00 bits per heavy atom. The summed E-state index contributed by atoms with van der Waals surface area (Å²) >= 11 is 1.40. The van der Waals surface area contributed by atoms with Crippen molar-refractivity contribution in [3.05, 3.63) is 29.1 Å². The molecule has 1 amide bonds. The van der Waals surface area contributed by atoms with Gasteiger partial charge in [-0.25, -0.2) is 4.79 Å². The molecule has 1 saturated heterocycles. The van der Waals surface area contributed by atoms with Gasteiger partial charge in [0.25, 0.3) is 0 Å². The molecule has 0 bridgehead atoms. The molecule has 1 aliphatic rings. The maximum absolute atomic E-state index is 12.1. The topological polar surface area (TPSA) is 67.4 Å². The third kappa shape index (κ3) is 3.13. The van der Waals surface area contributed by atoms with Crippen LogP contribution in [0.5, 0.6) is 0 Å². The number of carbonyl (C=O) groups is 2. The first kappa shape index (κ1) is 15.0. The van der Waals surface area contributed by atoms with Crippen molar-refractivity contribution in [2.45, 2.75) is 25.8 Å². The molecule has 22 heavy (non-hydrogen) atoms. The molecule has 1 aromatic heterocycles. The number of benzene rings is 1. The zero-order valence-corrected chi connectivity index (χ0v) is 13.2. The van der Waals surface area contributed by atoms with E-state index in [0.717, 1.165) is 35.2 Å². The summed E-state index contributed by atoms with van der Waals surface area (Å²) in [5.74, 6) is -0.304. The normalized spacial score (nSPS) is 17.6. The van der Waals surface area contributed by atoms with Crippen molar-refractivity contribution in [1.29, 1.82) is 0 Å². The monoisotopic (exact) mass is 318 g/mol. The third-order valence-corrected chi connectivity index (χ3v) is 4.73. The number of hydrogen-bond donors (Lipinski definition) is 2. The van der Waals surface area contributed by atoms with Gasteiger partial charge in [0, 0.05) is 10.4 Å². The van der Waals surface area contributed by atoms with Crippen molar-refractivity contribution >= 4 is 39.0 Å². The second kappa shape index (κ2) is 6.46. The van der Waals surface area contributed by atoms with E-state index in [9.17, 15) is 9.59 Å². The Labute approximate surface area is 132 Å². The van der Waals surface area contributed by atoms with Gasteiger partial charge in [0.1, 0.15) is 4.88 Å². The van der Waals surface area contributed by atoms with Crippen LogP contribution in [0, 0.1) is 0 Å². The first-order valence-corrected chi connectivity index (χ1v) is 8.24. The molecule has 2 heterocycles. The van der Waals surface area contributed by atoms with Crippen LogP contribution in [0.1, 0.15) is 29.4 Å². The largest absolute Gasteiger partial charge is 0.462 e. The number of rotatable bonds is 4. The van der Waals surface area contributed by atoms with Crippen LogP contribution in [0.3, 0.4) is 0 Å². The first-order valence-electron chi connectivity index (χ1n) is 7.42. The van der Waals surface area contributed by atoms with Crippen LogP contribution in [-0.2, 0) is 9.53 Å². The summed E-state index contributed by atoms with van der Waals surface area (Å²) in [6.45, 7) is 3.04. The van der Waals surface area contributed by atoms with Gasteiger partial charge in [-0.2, -0.15) is 0 Å². The molecule has 0 spiro atoms. The Balaban J connectivity index is 1.77. The fraction of sp³-hybridized carbons (Fsp3) is 0.375. The molecular weight excluding hydrogens is 300 g/mol. The molecule has 6 heteroatoms. The summed E-state index contributed by atoms with van der Waals surface area (Å²) in [5.41, 5.74) is 0.749. The van der Waals surface area contributed by atoms with Crippen LogP contribution < -0.4 is 10.6 Å². The van der Waals surface area contributed by atoms with Gasteiger partial charge in [-0.1, -0.05) is 0 Å². The molecule has 1 aliphatic heterocycles. The van der Waals surface area contributed by atoms with Crippen molar-refractivity contribution in [1.82, 2.24) is 5.32 Å².